The number of fused-ring (bicyclic) bond motifs is 2. The van der Waals surface area contributed by atoms with E-state index in [4.69, 9.17) is 4.98 Å². The average molecular weight is 688 g/mol. The van der Waals surface area contributed by atoms with E-state index >= 15 is 0 Å². The molecule has 2 fully saturated rings. The number of unbranched alkanes of at least 4 members (excludes halogenated alkanes) is 1. The molecule has 0 unspecified atom stereocenters. The van der Waals surface area contributed by atoms with Crippen LogP contribution in [0.2, 0.25) is 0 Å². The van der Waals surface area contributed by atoms with Gasteiger partial charge >= 0.3 is 0 Å². The number of hydrogen-bond acceptors (Lipinski definition) is 9. The lowest BCUT2D eigenvalue weighted by atomic mass is 9.90. The maximum absolute atomic E-state index is 14.5. The Balaban J connectivity index is 1.33. The van der Waals surface area contributed by atoms with Gasteiger partial charge in [-0.05, 0) is 76.0 Å². The number of amides is 1. The largest absolute Gasteiger partial charge is 0.327 e. The molecule has 11 nitrogen and oxygen atoms in total. The van der Waals surface area contributed by atoms with Gasteiger partial charge in [0.25, 0.3) is 0 Å². The number of ketones is 3. The van der Waals surface area contributed by atoms with Gasteiger partial charge in [-0.2, -0.15) is 5.10 Å². The van der Waals surface area contributed by atoms with Crippen LogP contribution in [0.5, 0.6) is 0 Å². The molecule has 6 rings (SSSR count). The molecule has 1 amide bonds. The molecular formula is C40H45N7O4. The second-order valence-corrected chi connectivity index (χ2v) is 14.1. The minimum atomic E-state index is -0.651. The van der Waals surface area contributed by atoms with E-state index in [1.54, 1.807) is 41.0 Å². The summed E-state index contributed by atoms with van der Waals surface area (Å²) in [6.07, 6.45) is 11.8. The second kappa shape index (κ2) is 14.6. The number of aryl methyl sites for hydroxylation is 3. The van der Waals surface area contributed by atoms with E-state index in [0.717, 1.165) is 30.5 Å². The van der Waals surface area contributed by atoms with Crippen LogP contribution >= 0.6 is 0 Å². The Morgan fingerprint density at radius 3 is 2.45 bits per heavy atom. The number of rotatable bonds is 16. The zero-order valence-electron chi connectivity index (χ0n) is 29.9. The summed E-state index contributed by atoms with van der Waals surface area (Å²) in [6, 6.07) is 4.86. The van der Waals surface area contributed by atoms with Gasteiger partial charge in [0, 0.05) is 61.3 Å². The second-order valence-electron chi connectivity index (χ2n) is 14.1. The van der Waals surface area contributed by atoms with Gasteiger partial charge in [-0.1, -0.05) is 18.2 Å². The Morgan fingerprint density at radius 2 is 1.75 bits per heavy atom. The van der Waals surface area contributed by atoms with Crippen molar-refractivity contribution >= 4 is 34.2 Å². The molecule has 2 aliphatic rings. The highest BCUT2D eigenvalue weighted by Gasteiger charge is 2.66. The van der Waals surface area contributed by atoms with Crippen LogP contribution in [0.4, 0.5) is 0 Å². The zero-order chi connectivity index (χ0) is 36.4. The van der Waals surface area contributed by atoms with Gasteiger partial charge in [-0.25, -0.2) is 9.97 Å². The average Bonchev–Trinajstić information content (AvgIpc) is 3.51. The maximum Gasteiger partial charge on any atom is 0.245 e. The first kappa shape index (κ1) is 35.6. The number of carbonyl (C=O) groups is 4. The van der Waals surface area contributed by atoms with E-state index in [2.05, 4.69) is 33.2 Å². The molecule has 0 N–H and O–H groups in total. The molecule has 1 aliphatic heterocycles. The van der Waals surface area contributed by atoms with E-state index in [9.17, 15) is 19.2 Å². The number of likely N-dealkylation sites (tertiary alicyclic amines) is 1. The van der Waals surface area contributed by atoms with E-state index in [1.807, 2.05) is 32.1 Å². The molecule has 0 bridgehead atoms. The molecule has 1 aliphatic carbocycles. The first-order valence-corrected chi connectivity index (χ1v) is 17.7. The van der Waals surface area contributed by atoms with Crippen molar-refractivity contribution in [1.29, 1.82) is 0 Å². The fraction of sp³-hybridized carbons (Fsp3) is 0.425. The Bertz CT molecular complexity index is 2050. The fourth-order valence-electron chi connectivity index (χ4n) is 7.55. The molecule has 1 saturated carbocycles. The summed E-state index contributed by atoms with van der Waals surface area (Å²) in [5, 5.41) is 5.24. The predicted octanol–water partition coefficient (Wildman–Crippen LogP) is 6.02. The van der Waals surface area contributed by atoms with E-state index in [1.165, 1.54) is 6.92 Å². The van der Waals surface area contributed by atoms with Gasteiger partial charge in [0.15, 0.2) is 11.6 Å². The van der Waals surface area contributed by atoms with Gasteiger partial charge in [0.05, 0.1) is 35.1 Å². The number of carbonyl (C=O) groups excluding carboxylic acids is 4. The van der Waals surface area contributed by atoms with Crippen LogP contribution < -0.4 is 0 Å². The smallest absolute Gasteiger partial charge is 0.245 e. The van der Waals surface area contributed by atoms with Crippen molar-refractivity contribution in [2.75, 3.05) is 0 Å². The molecule has 51 heavy (non-hydrogen) atoms. The van der Waals surface area contributed by atoms with Gasteiger partial charge in [-0.15, -0.1) is 13.2 Å². The van der Waals surface area contributed by atoms with Crippen LogP contribution in [-0.4, -0.2) is 70.0 Å². The quantitative estimate of drug-likeness (QED) is 0.0786. The third-order valence-corrected chi connectivity index (χ3v) is 10.4. The lowest BCUT2D eigenvalue weighted by Crippen LogP contribution is -2.45. The van der Waals surface area contributed by atoms with Crippen LogP contribution in [0, 0.1) is 26.2 Å². The third-order valence-electron chi connectivity index (χ3n) is 10.4. The molecule has 4 aromatic heterocycles. The van der Waals surface area contributed by atoms with Crippen LogP contribution in [0.1, 0.15) is 90.8 Å². The number of pyridine rings is 2. The number of piperidine rings is 1. The molecule has 11 heteroatoms. The number of Topliss-reactive ketones (excluding diaryl/α,β-unsaturated/α-hetero) is 3. The Labute approximate surface area is 298 Å². The third kappa shape index (κ3) is 7.34. The van der Waals surface area contributed by atoms with E-state index in [-0.39, 0.29) is 53.4 Å². The molecular weight excluding hydrogens is 642 g/mol. The van der Waals surface area contributed by atoms with Crippen molar-refractivity contribution in [2.45, 2.75) is 104 Å². The summed E-state index contributed by atoms with van der Waals surface area (Å²) in [6.45, 7) is 14.6. The molecule has 3 atom stereocenters. The first-order chi connectivity index (χ1) is 24.4. The van der Waals surface area contributed by atoms with E-state index in [0.29, 0.717) is 71.5 Å². The molecule has 5 heterocycles. The van der Waals surface area contributed by atoms with Gasteiger partial charge in [0.1, 0.15) is 23.8 Å². The summed E-state index contributed by atoms with van der Waals surface area (Å²) in [5.41, 5.74) is 4.85. The lowest BCUT2D eigenvalue weighted by molar-refractivity contribution is -0.139. The predicted molar refractivity (Wildman–Crippen MR) is 194 cm³/mol. The summed E-state index contributed by atoms with van der Waals surface area (Å²) in [5.74, 6) is 0.247. The fourth-order valence-corrected chi connectivity index (χ4v) is 7.55. The molecule has 0 radical (unpaired) electrons. The first-order valence-electron chi connectivity index (χ1n) is 17.7. The summed E-state index contributed by atoms with van der Waals surface area (Å²) >= 11 is 0. The van der Waals surface area contributed by atoms with Crippen LogP contribution in [-0.2, 0) is 33.8 Å². The topological polar surface area (TPSA) is 141 Å². The van der Waals surface area contributed by atoms with Crippen molar-refractivity contribution in [3.8, 4) is 11.3 Å². The number of allylic oxidation sites excluding steroid dienone is 2. The monoisotopic (exact) mass is 687 g/mol. The molecule has 264 valence electrons. The van der Waals surface area contributed by atoms with Gasteiger partial charge in [-0.3, -0.25) is 33.8 Å². The van der Waals surface area contributed by atoms with E-state index < -0.39 is 6.04 Å². The maximum atomic E-state index is 14.5. The number of hydrogen-bond donors (Lipinski definition) is 0. The minimum Gasteiger partial charge on any atom is -0.327 e. The molecule has 0 spiro atoms. The highest BCUT2D eigenvalue weighted by Crippen LogP contribution is 2.62. The van der Waals surface area contributed by atoms with Crippen molar-refractivity contribution in [3.05, 3.63) is 90.1 Å². The number of nitrogens with zero attached hydrogens (tertiary/aromatic N) is 7. The Morgan fingerprint density at radius 1 is 0.980 bits per heavy atom. The highest BCUT2D eigenvalue weighted by molar-refractivity contribution is 6.06. The Kier molecular flexibility index (Phi) is 10.2. The molecule has 0 aromatic carbocycles. The highest BCUT2D eigenvalue weighted by atomic mass is 16.2. The van der Waals surface area contributed by atoms with Crippen molar-refractivity contribution in [3.63, 3.8) is 0 Å². The van der Waals surface area contributed by atoms with Crippen LogP contribution in [0.25, 0.3) is 22.2 Å². The molecule has 4 aromatic rings. The standard InChI is InChI=1S/C40H45N7O4/c1-7-9-10-12-29(49)15-16-40-19-34(35(50)18-32-24(3)13-14-25(4)43-32)47(36(40)20-40)37(51)23-46-39-30(38(45-46)26(5)48)17-33(44-31(39)11-8-2)28-21-41-27(6)42-22-28/h7-8,13-14,17,21-22,34,36H,1-2,9-12,15-16,18-20,23H2,3-6H3/t34-,36+,40-/m0/s1. The normalized spacial score (nSPS) is 19.2. The lowest BCUT2D eigenvalue weighted by Gasteiger charge is -2.27. The van der Waals surface area contributed by atoms with Crippen molar-refractivity contribution in [2.24, 2.45) is 5.41 Å². The van der Waals surface area contributed by atoms with Gasteiger partial charge < -0.3 is 4.90 Å². The SMILES string of the molecule is C=CCCCC(=O)CC[C@@]12C[C@@H](C(=O)Cc3nc(C)ccc3C)N(C(=O)Cn3nc(C(C)=O)c4cc(-c5cnc(C)nc5)nc(CC=C)c43)[C@@H]1C2. The Hall–Kier alpha value is -5.19. The minimum absolute atomic E-state index is 0.0674. The van der Waals surface area contributed by atoms with Gasteiger partial charge in [0.2, 0.25) is 5.91 Å². The van der Waals surface area contributed by atoms with Crippen molar-refractivity contribution < 1.29 is 19.2 Å². The summed E-state index contributed by atoms with van der Waals surface area (Å²) in [7, 11) is 0. The van der Waals surface area contributed by atoms with Crippen LogP contribution in [0.15, 0.2) is 55.9 Å². The molecule has 1 saturated heterocycles. The van der Waals surface area contributed by atoms with Crippen molar-refractivity contribution in [1.82, 2.24) is 34.6 Å². The van der Waals surface area contributed by atoms with Crippen LogP contribution in [0.3, 0.4) is 0 Å². The number of aromatic nitrogens is 6. The zero-order valence-corrected chi connectivity index (χ0v) is 29.9. The summed E-state index contributed by atoms with van der Waals surface area (Å²) < 4.78 is 1.55. The summed E-state index contributed by atoms with van der Waals surface area (Å²) in [4.78, 5) is 74.2.